The largest absolute Gasteiger partial charge is 0.469 e. The summed E-state index contributed by atoms with van der Waals surface area (Å²) in [6.07, 6.45) is 0.312. The summed E-state index contributed by atoms with van der Waals surface area (Å²) in [5, 5.41) is 9.68. The standard InChI is InChI=1S/C14H21NO3/c1-15(11-13(16)10-14(17)18-2)9-8-12-6-4-3-5-7-12/h3-7,13,16H,8-11H2,1-2H3. The number of carbonyl (C=O) groups excluding carboxylic acids is 1. The van der Waals surface area contributed by atoms with E-state index in [1.54, 1.807) is 0 Å². The molecule has 1 N–H and O–H groups in total. The van der Waals surface area contributed by atoms with Gasteiger partial charge in [0.1, 0.15) is 0 Å². The molecule has 0 radical (unpaired) electrons. The van der Waals surface area contributed by atoms with Crippen molar-refractivity contribution < 1.29 is 14.6 Å². The maximum Gasteiger partial charge on any atom is 0.308 e. The Morgan fingerprint density at radius 2 is 2.06 bits per heavy atom. The average Bonchev–Trinajstić information content (AvgIpc) is 2.37. The molecule has 100 valence electrons. The highest BCUT2D eigenvalue weighted by Gasteiger charge is 2.13. The Hall–Kier alpha value is -1.39. The highest BCUT2D eigenvalue weighted by atomic mass is 16.5. The van der Waals surface area contributed by atoms with Gasteiger partial charge in [-0.05, 0) is 19.0 Å². The molecule has 0 aromatic heterocycles. The molecule has 0 bridgehead atoms. The van der Waals surface area contributed by atoms with E-state index < -0.39 is 6.10 Å². The Bertz CT molecular complexity index is 353. The lowest BCUT2D eigenvalue weighted by molar-refractivity contribution is -0.143. The number of rotatable bonds is 7. The number of methoxy groups -OCH3 is 1. The zero-order valence-corrected chi connectivity index (χ0v) is 11.0. The van der Waals surface area contributed by atoms with Gasteiger partial charge in [0.25, 0.3) is 0 Å². The van der Waals surface area contributed by atoms with Crippen molar-refractivity contribution in [2.45, 2.75) is 18.9 Å². The molecule has 1 aromatic carbocycles. The molecule has 4 nitrogen and oxygen atoms in total. The van der Waals surface area contributed by atoms with Gasteiger partial charge in [-0.1, -0.05) is 30.3 Å². The van der Waals surface area contributed by atoms with E-state index in [0.717, 1.165) is 13.0 Å². The lowest BCUT2D eigenvalue weighted by Gasteiger charge is -2.19. The first-order valence-corrected chi connectivity index (χ1v) is 6.09. The van der Waals surface area contributed by atoms with Crippen molar-refractivity contribution in [2.24, 2.45) is 0 Å². The third-order valence-corrected chi connectivity index (χ3v) is 2.78. The van der Waals surface area contributed by atoms with Crippen molar-refractivity contribution in [3.63, 3.8) is 0 Å². The van der Waals surface area contributed by atoms with Gasteiger partial charge in [0.2, 0.25) is 0 Å². The minimum absolute atomic E-state index is 0.0478. The van der Waals surface area contributed by atoms with Gasteiger partial charge in [-0.15, -0.1) is 0 Å². The van der Waals surface area contributed by atoms with Crippen LogP contribution in [0.3, 0.4) is 0 Å². The molecule has 0 saturated carbocycles. The van der Waals surface area contributed by atoms with E-state index >= 15 is 0 Å². The smallest absolute Gasteiger partial charge is 0.308 e. The molecule has 1 unspecified atom stereocenters. The number of carbonyl (C=O) groups is 1. The minimum Gasteiger partial charge on any atom is -0.469 e. The summed E-state index contributed by atoms with van der Waals surface area (Å²) in [6.45, 7) is 1.32. The van der Waals surface area contributed by atoms with Crippen molar-refractivity contribution in [3.8, 4) is 0 Å². The van der Waals surface area contributed by atoms with Crippen LogP contribution in [0, 0.1) is 0 Å². The van der Waals surface area contributed by atoms with Crippen LogP contribution in [0.5, 0.6) is 0 Å². The highest BCUT2D eigenvalue weighted by Crippen LogP contribution is 2.02. The molecule has 0 aliphatic rings. The second kappa shape index (κ2) is 7.84. The molecule has 0 aliphatic carbocycles. The first kappa shape index (κ1) is 14.7. The van der Waals surface area contributed by atoms with Gasteiger partial charge in [-0.3, -0.25) is 4.79 Å². The topological polar surface area (TPSA) is 49.8 Å². The van der Waals surface area contributed by atoms with Gasteiger partial charge in [-0.25, -0.2) is 0 Å². The zero-order valence-electron chi connectivity index (χ0n) is 11.0. The SMILES string of the molecule is COC(=O)CC(O)CN(C)CCc1ccccc1. The number of hydrogen-bond donors (Lipinski definition) is 1. The zero-order chi connectivity index (χ0) is 13.4. The van der Waals surface area contributed by atoms with Gasteiger partial charge in [0.05, 0.1) is 19.6 Å². The van der Waals surface area contributed by atoms with Crippen LogP contribution in [-0.2, 0) is 16.0 Å². The summed E-state index contributed by atoms with van der Waals surface area (Å²) in [5.41, 5.74) is 1.27. The lowest BCUT2D eigenvalue weighted by Crippen LogP contribution is -2.32. The Kier molecular flexibility index (Phi) is 6.39. The number of nitrogens with zero attached hydrogens (tertiary/aromatic N) is 1. The fourth-order valence-corrected chi connectivity index (χ4v) is 1.76. The van der Waals surface area contributed by atoms with Crippen LogP contribution in [0.25, 0.3) is 0 Å². The Morgan fingerprint density at radius 1 is 1.39 bits per heavy atom. The molecule has 1 aromatic rings. The number of ether oxygens (including phenoxy) is 1. The number of aliphatic hydroxyl groups excluding tert-OH is 1. The van der Waals surface area contributed by atoms with Crippen LogP contribution in [0.2, 0.25) is 0 Å². The van der Waals surface area contributed by atoms with Crippen molar-refractivity contribution in [1.82, 2.24) is 4.90 Å². The normalized spacial score (nSPS) is 12.4. The second-order valence-electron chi connectivity index (χ2n) is 4.43. The molecular formula is C14H21NO3. The van der Waals surface area contributed by atoms with Gasteiger partial charge in [-0.2, -0.15) is 0 Å². The van der Waals surface area contributed by atoms with Crippen LogP contribution < -0.4 is 0 Å². The summed E-state index contributed by atoms with van der Waals surface area (Å²) in [6, 6.07) is 10.2. The molecule has 0 saturated heterocycles. The Balaban J connectivity index is 2.25. The average molecular weight is 251 g/mol. The first-order valence-electron chi connectivity index (χ1n) is 6.09. The van der Waals surface area contributed by atoms with Gasteiger partial charge in [0.15, 0.2) is 0 Å². The van der Waals surface area contributed by atoms with Crippen molar-refractivity contribution in [3.05, 3.63) is 35.9 Å². The first-order chi connectivity index (χ1) is 8.61. The fraction of sp³-hybridized carbons (Fsp3) is 0.500. The molecule has 0 heterocycles. The number of aliphatic hydroxyl groups is 1. The van der Waals surface area contributed by atoms with E-state index in [1.807, 2.05) is 30.1 Å². The van der Waals surface area contributed by atoms with E-state index in [4.69, 9.17) is 0 Å². The molecular weight excluding hydrogens is 230 g/mol. The summed E-state index contributed by atoms with van der Waals surface area (Å²) in [5.74, 6) is -0.376. The van der Waals surface area contributed by atoms with E-state index in [1.165, 1.54) is 12.7 Å². The second-order valence-corrected chi connectivity index (χ2v) is 4.43. The molecule has 0 aliphatic heterocycles. The summed E-state index contributed by atoms with van der Waals surface area (Å²) in [4.78, 5) is 13.0. The lowest BCUT2D eigenvalue weighted by atomic mass is 10.1. The number of benzene rings is 1. The van der Waals surface area contributed by atoms with E-state index in [-0.39, 0.29) is 12.4 Å². The van der Waals surface area contributed by atoms with Crippen molar-refractivity contribution in [2.75, 3.05) is 27.2 Å². The quantitative estimate of drug-likeness (QED) is 0.737. The monoisotopic (exact) mass is 251 g/mol. The Labute approximate surface area is 108 Å². The van der Waals surface area contributed by atoms with Crippen LogP contribution in [0.4, 0.5) is 0 Å². The van der Waals surface area contributed by atoms with Gasteiger partial charge < -0.3 is 14.7 Å². The molecule has 0 spiro atoms. The van der Waals surface area contributed by atoms with Crippen molar-refractivity contribution in [1.29, 1.82) is 0 Å². The summed E-state index contributed by atoms with van der Waals surface area (Å²) in [7, 11) is 3.26. The fourth-order valence-electron chi connectivity index (χ4n) is 1.76. The molecule has 18 heavy (non-hydrogen) atoms. The third kappa shape index (κ3) is 5.80. The van der Waals surface area contributed by atoms with Crippen molar-refractivity contribution >= 4 is 5.97 Å². The van der Waals surface area contributed by atoms with E-state index in [2.05, 4.69) is 16.9 Å². The van der Waals surface area contributed by atoms with E-state index in [0.29, 0.717) is 6.54 Å². The number of likely N-dealkylation sites (N-methyl/N-ethyl adjacent to an activating group) is 1. The summed E-state index contributed by atoms with van der Waals surface area (Å²) >= 11 is 0. The maximum atomic E-state index is 11.0. The number of hydrogen-bond acceptors (Lipinski definition) is 4. The molecule has 4 heteroatoms. The molecule has 0 fully saturated rings. The predicted octanol–water partition coefficient (Wildman–Crippen LogP) is 1.08. The van der Waals surface area contributed by atoms with Crippen LogP contribution in [0.15, 0.2) is 30.3 Å². The summed E-state index contributed by atoms with van der Waals surface area (Å²) < 4.78 is 4.51. The van der Waals surface area contributed by atoms with E-state index in [9.17, 15) is 9.90 Å². The highest BCUT2D eigenvalue weighted by molar-refractivity contribution is 5.69. The third-order valence-electron chi connectivity index (χ3n) is 2.78. The van der Waals surface area contributed by atoms with Crippen LogP contribution in [0.1, 0.15) is 12.0 Å². The van der Waals surface area contributed by atoms with Gasteiger partial charge in [0, 0.05) is 13.1 Å². The van der Waals surface area contributed by atoms with Gasteiger partial charge >= 0.3 is 5.97 Å². The van der Waals surface area contributed by atoms with Crippen LogP contribution in [-0.4, -0.2) is 49.3 Å². The molecule has 1 rings (SSSR count). The molecule has 1 atom stereocenters. The van der Waals surface area contributed by atoms with Crippen LogP contribution >= 0.6 is 0 Å². The maximum absolute atomic E-state index is 11.0. The number of esters is 1. The predicted molar refractivity (Wildman–Crippen MR) is 70.3 cm³/mol. The minimum atomic E-state index is -0.668. The Morgan fingerprint density at radius 3 is 2.67 bits per heavy atom. The molecule has 0 amide bonds.